The van der Waals surface area contributed by atoms with Gasteiger partial charge < -0.3 is 10.5 Å². The minimum absolute atomic E-state index is 0.428. The van der Waals surface area contributed by atoms with E-state index in [1.165, 1.54) is 0 Å². The van der Waals surface area contributed by atoms with Crippen LogP contribution in [0.25, 0.3) is 0 Å². The Labute approximate surface area is 113 Å². The normalized spacial score (nSPS) is 10.2. The first-order chi connectivity index (χ1) is 8.17. The van der Waals surface area contributed by atoms with Gasteiger partial charge in [0.25, 0.3) is 0 Å². The van der Waals surface area contributed by atoms with E-state index in [9.17, 15) is 0 Å². The summed E-state index contributed by atoms with van der Waals surface area (Å²) < 4.78 is 6.78. The standard InChI is InChI=1S/C12H12IN3O/c1-2-11-15-10(14)7-12(16-11)17-9-5-3-8(13)4-6-9/h3-7H,2H2,1H3,(H2,14,15,16). The third kappa shape index (κ3) is 3.29. The number of anilines is 1. The number of halogens is 1. The second-order valence-corrected chi connectivity index (χ2v) is 4.70. The Balaban J connectivity index is 2.23. The summed E-state index contributed by atoms with van der Waals surface area (Å²) in [6.07, 6.45) is 0.730. The Morgan fingerprint density at radius 3 is 2.59 bits per heavy atom. The lowest BCUT2D eigenvalue weighted by Gasteiger charge is -2.06. The first-order valence-electron chi connectivity index (χ1n) is 5.24. The van der Waals surface area contributed by atoms with E-state index in [1.807, 2.05) is 31.2 Å². The van der Waals surface area contributed by atoms with Crippen molar-refractivity contribution in [3.8, 4) is 11.6 Å². The number of nitrogens with zero attached hydrogens (tertiary/aromatic N) is 2. The SMILES string of the molecule is CCc1nc(N)cc(Oc2ccc(I)cc2)n1. The van der Waals surface area contributed by atoms with Gasteiger partial charge in [-0.05, 0) is 46.9 Å². The highest BCUT2D eigenvalue weighted by molar-refractivity contribution is 14.1. The van der Waals surface area contributed by atoms with Crippen molar-refractivity contribution in [1.82, 2.24) is 9.97 Å². The van der Waals surface area contributed by atoms with Crippen LogP contribution in [-0.4, -0.2) is 9.97 Å². The fraction of sp³-hybridized carbons (Fsp3) is 0.167. The van der Waals surface area contributed by atoms with Gasteiger partial charge in [0.1, 0.15) is 17.4 Å². The van der Waals surface area contributed by atoms with E-state index in [0.29, 0.717) is 17.5 Å². The van der Waals surface area contributed by atoms with Crippen molar-refractivity contribution >= 4 is 28.4 Å². The average Bonchev–Trinajstić information content (AvgIpc) is 2.31. The molecule has 0 saturated heterocycles. The van der Waals surface area contributed by atoms with Gasteiger partial charge in [-0.15, -0.1) is 0 Å². The van der Waals surface area contributed by atoms with Crippen molar-refractivity contribution < 1.29 is 4.74 Å². The summed E-state index contributed by atoms with van der Waals surface area (Å²) in [5, 5.41) is 0. The molecule has 2 rings (SSSR count). The first-order valence-corrected chi connectivity index (χ1v) is 6.32. The molecule has 0 atom stereocenters. The number of ether oxygens (including phenoxy) is 1. The van der Waals surface area contributed by atoms with Crippen LogP contribution in [0.2, 0.25) is 0 Å². The second kappa shape index (κ2) is 5.31. The second-order valence-electron chi connectivity index (χ2n) is 3.46. The quantitative estimate of drug-likeness (QED) is 0.872. The van der Waals surface area contributed by atoms with Crippen molar-refractivity contribution in [1.29, 1.82) is 0 Å². The third-order valence-corrected chi connectivity index (χ3v) is 2.84. The Kier molecular flexibility index (Phi) is 3.78. The van der Waals surface area contributed by atoms with E-state index in [2.05, 4.69) is 32.6 Å². The number of aromatic nitrogens is 2. The van der Waals surface area contributed by atoms with E-state index in [-0.39, 0.29) is 0 Å². The molecule has 1 aromatic heterocycles. The largest absolute Gasteiger partial charge is 0.439 e. The minimum Gasteiger partial charge on any atom is -0.439 e. The Morgan fingerprint density at radius 1 is 1.24 bits per heavy atom. The number of aryl methyl sites for hydroxylation is 1. The topological polar surface area (TPSA) is 61.0 Å². The summed E-state index contributed by atoms with van der Waals surface area (Å²) in [5.41, 5.74) is 5.68. The van der Waals surface area contributed by atoms with Crippen LogP contribution in [0.3, 0.4) is 0 Å². The zero-order chi connectivity index (χ0) is 12.3. The van der Waals surface area contributed by atoms with Crippen LogP contribution in [0.4, 0.5) is 5.82 Å². The van der Waals surface area contributed by atoms with E-state index in [4.69, 9.17) is 10.5 Å². The van der Waals surface area contributed by atoms with Gasteiger partial charge in [-0.3, -0.25) is 0 Å². The smallest absolute Gasteiger partial charge is 0.224 e. The number of nitrogens with two attached hydrogens (primary N) is 1. The summed E-state index contributed by atoms with van der Waals surface area (Å²) in [6, 6.07) is 9.36. The number of rotatable bonds is 3. The van der Waals surface area contributed by atoms with Gasteiger partial charge in [0.15, 0.2) is 0 Å². The number of nitrogen functional groups attached to an aromatic ring is 1. The van der Waals surface area contributed by atoms with Crippen molar-refractivity contribution in [3.05, 3.63) is 39.7 Å². The zero-order valence-corrected chi connectivity index (χ0v) is 11.5. The number of benzene rings is 1. The van der Waals surface area contributed by atoms with Gasteiger partial charge in [0.05, 0.1) is 0 Å². The van der Waals surface area contributed by atoms with Gasteiger partial charge in [-0.25, -0.2) is 4.98 Å². The van der Waals surface area contributed by atoms with Gasteiger partial charge in [-0.2, -0.15) is 4.98 Å². The molecular weight excluding hydrogens is 329 g/mol. The average molecular weight is 341 g/mol. The van der Waals surface area contributed by atoms with Crippen LogP contribution < -0.4 is 10.5 Å². The van der Waals surface area contributed by atoms with E-state index in [0.717, 1.165) is 15.7 Å². The molecule has 88 valence electrons. The molecule has 0 fully saturated rings. The Hall–Kier alpha value is -1.37. The van der Waals surface area contributed by atoms with Crippen molar-refractivity contribution in [2.75, 3.05) is 5.73 Å². The molecule has 5 heteroatoms. The predicted octanol–water partition coefficient (Wildman–Crippen LogP) is 3.02. The molecule has 4 nitrogen and oxygen atoms in total. The molecule has 0 aliphatic heterocycles. The maximum Gasteiger partial charge on any atom is 0.224 e. The van der Waals surface area contributed by atoms with Crippen molar-refractivity contribution in [3.63, 3.8) is 0 Å². The lowest BCUT2D eigenvalue weighted by atomic mass is 10.3. The maximum absolute atomic E-state index is 5.68. The van der Waals surface area contributed by atoms with Crippen LogP contribution in [-0.2, 0) is 6.42 Å². The zero-order valence-electron chi connectivity index (χ0n) is 9.35. The molecule has 0 bridgehead atoms. The Bertz CT molecular complexity index is 514. The molecule has 1 aromatic carbocycles. The van der Waals surface area contributed by atoms with Crippen LogP contribution >= 0.6 is 22.6 Å². The van der Waals surface area contributed by atoms with Crippen LogP contribution in [0.15, 0.2) is 30.3 Å². The summed E-state index contributed by atoms with van der Waals surface area (Å²) in [6.45, 7) is 1.98. The molecule has 0 radical (unpaired) electrons. The molecule has 0 amide bonds. The lowest BCUT2D eigenvalue weighted by Crippen LogP contribution is -2.00. The predicted molar refractivity (Wildman–Crippen MR) is 75.1 cm³/mol. The molecule has 17 heavy (non-hydrogen) atoms. The third-order valence-electron chi connectivity index (χ3n) is 2.12. The maximum atomic E-state index is 5.68. The van der Waals surface area contributed by atoms with Crippen LogP contribution in [0, 0.1) is 3.57 Å². The van der Waals surface area contributed by atoms with Gasteiger partial charge in [0.2, 0.25) is 5.88 Å². The molecule has 0 spiro atoms. The lowest BCUT2D eigenvalue weighted by molar-refractivity contribution is 0.459. The van der Waals surface area contributed by atoms with E-state index >= 15 is 0 Å². The molecule has 0 saturated carbocycles. The molecule has 2 aromatic rings. The van der Waals surface area contributed by atoms with Gasteiger partial charge >= 0.3 is 0 Å². The highest BCUT2D eigenvalue weighted by atomic mass is 127. The minimum atomic E-state index is 0.428. The first kappa shape index (κ1) is 12.1. The van der Waals surface area contributed by atoms with Crippen molar-refractivity contribution in [2.24, 2.45) is 0 Å². The van der Waals surface area contributed by atoms with Gasteiger partial charge in [-0.1, -0.05) is 6.92 Å². The molecule has 2 N–H and O–H groups in total. The summed E-state index contributed by atoms with van der Waals surface area (Å²) in [4.78, 5) is 8.35. The Morgan fingerprint density at radius 2 is 1.94 bits per heavy atom. The van der Waals surface area contributed by atoms with Crippen molar-refractivity contribution in [2.45, 2.75) is 13.3 Å². The summed E-state index contributed by atoms with van der Waals surface area (Å²) in [5.74, 6) is 2.34. The highest BCUT2D eigenvalue weighted by Crippen LogP contribution is 2.21. The molecule has 0 aliphatic carbocycles. The molecule has 1 heterocycles. The highest BCUT2D eigenvalue weighted by Gasteiger charge is 2.03. The molecular formula is C12H12IN3O. The number of hydrogen-bond donors (Lipinski definition) is 1. The van der Waals surface area contributed by atoms with E-state index < -0.39 is 0 Å². The van der Waals surface area contributed by atoms with E-state index in [1.54, 1.807) is 6.07 Å². The monoisotopic (exact) mass is 341 g/mol. The van der Waals surface area contributed by atoms with Crippen LogP contribution in [0.1, 0.15) is 12.7 Å². The van der Waals surface area contributed by atoms with Gasteiger partial charge in [0, 0.05) is 16.1 Å². The fourth-order valence-corrected chi connectivity index (χ4v) is 1.69. The molecule has 0 unspecified atom stereocenters. The fourth-order valence-electron chi connectivity index (χ4n) is 1.33. The summed E-state index contributed by atoms with van der Waals surface area (Å²) >= 11 is 2.24. The summed E-state index contributed by atoms with van der Waals surface area (Å²) in [7, 11) is 0. The van der Waals surface area contributed by atoms with Crippen LogP contribution in [0.5, 0.6) is 11.6 Å². The number of hydrogen-bond acceptors (Lipinski definition) is 4. The molecule has 0 aliphatic rings.